The molecular weight excluding hydrogens is 458 g/mol. The van der Waals surface area contributed by atoms with Crippen molar-refractivity contribution in [2.24, 2.45) is 0 Å². The second-order valence-electron chi connectivity index (χ2n) is 6.81. The quantitative estimate of drug-likeness (QED) is 0.261. The maximum absolute atomic E-state index is 2.42. The summed E-state index contributed by atoms with van der Waals surface area (Å²) in [5.74, 6) is 0. The molecule has 0 atom stereocenters. The van der Waals surface area contributed by atoms with Crippen LogP contribution in [-0.4, -0.2) is 0 Å². The van der Waals surface area contributed by atoms with E-state index < -0.39 is 7.26 Å². The predicted molar refractivity (Wildman–Crippen MR) is 129 cm³/mol. The van der Waals surface area contributed by atoms with Gasteiger partial charge in [0.25, 0.3) is 0 Å². The fourth-order valence-corrected chi connectivity index (χ4v) is 9.26. The molecule has 27 heavy (non-hydrogen) atoms. The molecule has 4 aromatic rings. The van der Waals surface area contributed by atoms with Crippen LogP contribution in [0.25, 0.3) is 0 Å². The number of hydrogen-bond acceptors (Lipinski definition) is 0. The van der Waals surface area contributed by atoms with Gasteiger partial charge in [0.1, 0.15) is 0 Å². The minimum atomic E-state index is -2.19. The molecule has 134 valence electrons. The van der Waals surface area contributed by atoms with E-state index in [-0.39, 0.29) is 0 Å². The monoisotopic (exact) mass is 480 g/mol. The fraction of sp³-hybridized carbons (Fsp3) is 0.0400. The molecule has 0 bridgehead atoms. The summed E-state index contributed by atoms with van der Waals surface area (Å²) in [6.07, 6.45) is 1.06. The number of rotatable bonds is 5. The molecule has 0 aliphatic heterocycles. The van der Waals surface area contributed by atoms with E-state index in [1.807, 2.05) is 0 Å². The Morgan fingerprint density at radius 3 is 1.37 bits per heavy atom. The molecule has 0 spiro atoms. The SMILES string of the molecule is Ic1cccc(C[PH](c2ccccc2)(c2ccccc2)c2ccccc2)c1. The van der Waals surface area contributed by atoms with Crippen molar-refractivity contribution < 1.29 is 0 Å². The summed E-state index contributed by atoms with van der Waals surface area (Å²) in [7, 11) is -2.19. The van der Waals surface area contributed by atoms with Gasteiger partial charge in [0.15, 0.2) is 0 Å². The summed E-state index contributed by atoms with van der Waals surface area (Å²) in [5.41, 5.74) is 1.41. The number of halogens is 1. The van der Waals surface area contributed by atoms with Crippen LogP contribution in [0.5, 0.6) is 0 Å². The van der Waals surface area contributed by atoms with E-state index in [9.17, 15) is 0 Å². The van der Waals surface area contributed by atoms with Crippen molar-refractivity contribution in [1.29, 1.82) is 0 Å². The van der Waals surface area contributed by atoms with Crippen LogP contribution >= 0.6 is 29.9 Å². The molecule has 0 amide bonds. The zero-order valence-corrected chi connectivity index (χ0v) is 18.2. The first-order valence-electron chi connectivity index (χ1n) is 9.20. The van der Waals surface area contributed by atoms with E-state index in [1.54, 1.807) is 0 Å². The summed E-state index contributed by atoms with van der Waals surface area (Å²) in [4.78, 5) is 0. The average Bonchev–Trinajstić information content (AvgIpc) is 2.74. The molecule has 0 unspecified atom stereocenters. The van der Waals surface area contributed by atoms with Crippen LogP contribution in [0.1, 0.15) is 5.56 Å². The predicted octanol–water partition coefficient (Wildman–Crippen LogP) is 5.52. The Labute approximate surface area is 175 Å². The Morgan fingerprint density at radius 1 is 0.519 bits per heavy atom. The zero-order valence-electron chi connectivity index (χ0n) is 15.1. The van der Waals surface area contributed by atoms with Gasteiger partial charge in [0, 0.05) is 0 Å². The fourth-order valence-electron chi connectivity index (χ4n) is 3.93. The van der Waals surface area contributed by atoms with Crippen molar-refractivity contribution >= 4 is 45.8 Å². The molecule has 0 aliphatic rings. The summed E-state index contributed by atoms with van der Waals surface area (Å²) in [5, 5.41) is 4.38. The van der Waals surface area contributed by atoms with Crippen molar-refractivity contribution in [3.05, 3.63) is 124 Å². The Morgan fingerprint density at radius 2 is 0.963 bits per heavy atom. The Balaban J connectivity index is 2.00. The molecule has 2 heteroatoms. The van der Waals surface area contributed by atoms with Gasteiger partial charge in [-0.2, -0.15) is 0 Å². The summed E-state index contributed by atoms with van der Waals surface area (Å²) in [6, 6.07) is 42.3. The van der Waals surface area contributed by atoms with Crippen molar-refractivity contribution in [1.82, 2.24) is 0 Å². The Bertz CT molecular complexity index is 901. The third-order valence-electron chi connectivity index (χ3n) is 5.16. The maximum atomic E-state index is 2.42. The topological polar surface area (TPSA) is 0 Å². The van der Waals surface area contributed by atoms with Gasteiger partial charge in [-0.3, -0.25) is 0 Å². The summed E-state index contributed by atoms with van der Waals surface area (Å²) >= 11 is 2.42. The van der Waals surface area contributed by atoms with Crippen LogP contribution in [0, 0.1) is 3.57 Å². The van der Waals surface area contributed by atoms with Gasteiger partial charge in [-0.25, -0.2) is 0 Å². The van der Waals surface area contributed by atoms with E-state index in [1.165, 1.54) is 25.0 Å². The second-order valence-corrected chi connectivity index (χ2v) is 12.0. The van der Waals surface area contributed by atoms with Crippen LogP contribution in [0.3, 0.4) is 0 Å². The molecule has 0 nitrogen and oxygen atoms in total. The molecule has 0 heterocycles. The van der Waals surface area contributed by atoms with E-state index in [2.05, 4.69) is 138 Å². The first-order chi connectivity index (χ1) is 13.3. The zero-order chi connectivity index (χ0) is 18.5. The first kappa shape index (κ1) is 18.4. The molecule has 0 aromatic heterocycles. The van der Waals surface area contributed by atoms with Gasteiger partial charge < -0.3 is 0 Å². The third-order valence-corrected chi connectivity index (χ3v) is 10.7. The van der Waals surface area contributed by atoms with Crippen LogP contribution in [0.2, 0.25) is 0 Å². The second kappa shape index (κ2) is 8.37. The standard InChI is InChI=1S/C25H22IP/c26-22-12-10-11-21(19-22)20-27(23-13-4-1-5-14-23,24-15-6-2-7-16-24)25-17-8-3-9-18-25/h1-19,27H,20H2. The van der Waals surface area contributed by atoms with Gasteiger partial charge >= 0.3 is 176 Å². The summed E-state index contributed by atoms with van der Waals surface area (Å²) < 4.78 is 1.29. The molecule has 4 rings (SSSR count). The van der Waals surface area contributed by atoms with Gasteiger partial charge in [-0.05, 0) is 0 Å². The average molecular weight is 480 g/mol. The van der Waals surface area contributed by atoms with Gasteiger partial charge in [0.2, 0.25) is 0 Å². The van der Waals surface area contributed by atoms with Gasteiger partial charge in [0.05, 0.1) is 0 Å². The molecule has 4 aromatic carbocycles. The van der Waals surface area contributed by atoms with Crippen LogP contribution in [0.15, 0.2) is 115 Å². The van der Waals surface area contributed by atoms with Gasteiger partial charge in [-0.1, -0.05) is 0 Å². The van der Waals surface area contributed by atoms with Crippen LogP contribution in [-0.2, 0) is 6.16 Å². The summed E-state index contributed by atoms with van der Waals surface area (Å²) in [6.45, 7) is 0. The van der Waals surface area contributed by atoms with Gasteiger partial charge in [-0.15, -0.1) is 0 Å². The Kier molecular flexibility index (Phi) is 5.71. The van der Waals surface area contributed by atoms with Crippen LogP contribution in [0.4, 0.5) is 0 Å². The van der Waals surface area contributed by atoms with E-state index >= 15 is 0 Å². The molecule has 0 saturated carbocycles. The number of hydrogen-bond donors (Lipinski definition) is 0. The molecule has 0 N–H and O–H groups in total. The number of benzene rings is 4. The molecule has 0 radical (unpaired) electrons. The van der Waals surface area contributed by atoms with E-state index in [0.29, 0.717) is 0 Å². The van der Waals surface area contributed by atoms with Crippen molar-refractivity contribution in [2.75, 3.05) is 0 Å². The normalized spacial score (nSPS) is 11.9. The minimum absolute atomic E-state index is 1.06. The molecule has 0 saturated heterocycles. The molecule has 0 fully saturated rings. The van der Waals surface area contributed by atoms with Crippen molar-refractivity contribution in [2.45, 2.75) is 6.16 Å². The van der Waals surface area contributed by atoms with Crippen molar-refractivity contribution in [3.8, 4) is 0 Å². The molecule has 0 aliphatic carbocycles. The van der Waals surface area contributed by atoms with Crippen molar-refractivity contribution in [3.63, 3.8) is 0 Å². The molecular formula is C25H22IP. The third kappa shape index (κ3) is 3.85. The Hall–Kier alpha value is -1.96. The van der Waals surface area contributed by atoms with E-state index in [0.717, 1.165) is 6.16 Å². The first-order valence-corrected chi connectivity index (χ1v) is 12.5. The van der Waals surface area contributed by atoms with Crippen LogP contribution < -0.4 is 15.9 Å². The van der Waals surface area contributed by atoms with E-state index in [4.69, 9.17) is 0 Å².